The number of hydrogen-bond donors (Lipinski definition) is 2. The van der Waals surface area contributed by atoms with Gasteiger partial charge in [0.1, 0.15) is 0 Å². The van der Waals surface area contributed by atoms with Crippen LogP contribution in [-0.2, 0) is 0 Å². The molecule has 2 rings (SSSR count). The lowest BCUT2D eigenvalue weighted by Crippen LogP contribution is -2.51. The highest BCUT2D eigenvalue weighted by atomic mass is 32.1. The Balaban J connectivity index is 1.75. The molecule has 0 aromatic rings. The lowest BCUT2D eigenvalue weighted by atomic mass is 10.2. The molecule has 0 unspecified atom stereocenters. The Bertz CT molecular complexity index is 196. The minimum Gasteiger partial charge on any atom is -0.360 e. The van der Waals surface area contributed by atoms with Crippen LogP contribution in [0.4, 0.5) is 0 Å². The summed E-state index contributed by atoms with van der Waals surface area (Å²) in [6.07, 6.45) is 5.32. The second kappa shape index (κ2) is 4.94. The van der Waals surface area contributed by atoms with E-state index in [2.05, 4.69) is 15.5 Å². The zero-order chi connectivity index (χ0) is 9.80. The van der Waals surface area contributed by atoms with Gasteiger partial charge in [-0.3, -0.25) is 0 Å². The maximum atomic E-state index is 5.40. The quantitative estimate of drug-likeness (QED) is 0.627. The van der Waals surface area contributed by atoms with Gasteiger partial charge in [-0.2, -0.15) is 0 Å². The summed E-state index contributed by atoms with van der Waals surface area (Å²) in [5, 5.41) is 7.78. The number of nitrogens with zero attached hydrogens (tertiary/aromatic N) is 1. The van der Waals surface area contributed by atoms with Crippen LogP contribution in [0.15, 0.2) is 0 Å². The number of piperazine rings is 1. The Labute approximate surface area is 91.2 Å². The van der Waals surface area contributed by atoms with Crippen LogP contribution in [0.3, 0.4) is 0 Å². The zero-order valence-electron chi connectivity index (χ0n) is 8.59. The Morgan fingerprint density at radius 2 is 1.86 bits per heavy atom. The maximum Gasteiger partial charge on any atom is 0.169 e. The molecule has 0 aromatic carbocycles. The lowest BCUT2D eigenvalue weighted by Gasteiger charge is -2.31. The molecule has 1 aliphatic carbocycles. The molecule has 14 heavy (non-hydrogen) atoms. The molecule has 80 valence electrons. The molecule has 2 aliphatic rings. The van der Waals surface area contributed by atoms with Crippen molar-refractivity contribution in [3.8, 4) is 0 Å². The monoisotopic (exact) mass is 213 g/mol. The number of nitrogens with one attached hydrogen (secondary N) is 2. The van der Waals surface area contributed by atoms with E-state index in [1.54, 1.807) is 0 Å². The van der Waals surface area contributed by atoms with Gasteiger partial charge in [-0.1, -0.05) is 12.8 Å². The molecule has 0 amide bonds. The highest BCUT2D eigenvalue weighted by Gasteiger charge is 2.19. The molecular weight excluding hydrogens is 194 g/mol. The first-order valence-corrected chi connectivity index (χ1v) is 6.03. The molecule has 2 fully saturated rings. The van der Waals surface area contributed by atoms with Gasteiger partial charge in [-0.05, 0) is 25.1 Å². The van der Waals surface area contributed by atoms with Gasteiger partial charge in [0.2, 0.25) is 0 Å². The molecule has 2 N–H and O–H groups in total. The first-order chi connectivity index (χ1) is 6.86. The van der Waals surface area contributed by atoms with Crippen LogP contribution in [0.25, 0.3) is 0 Å². The predicted octanol–water partition coefficient (Wildman–Crippen LogP) is 0.709. The van der Waals surface area contributed by atoms with Gasteiger partial charge < -0.3 is 15.5 Å². The van der Waals surface area contributed by atoms with Gasteiger partial charge in [0, 0.05) is 32.2 Å². The third-order valence-corrected chi connectivity index (χ3v) is 3.46. The van der Waals surface area contributed by atoms with Gasteiger partial charge in [-0.15, -0.1) is 0 Å². The van der Waals surface area contributed by atoms with Gasteiger partial charge in [0.05, 0.1) is 0 Å². The molecule has 0 atom stereocenters. The summed E-state index contributed by atoms with van der Waals surface area (Å²) in [5.74, 6) is 0. The second-order valence-electron chi connectivity index (χ2n) is 4.17. The first-order valence-electron chi connectivity index (χ1n) is 5.62. The van der Waals surface area contributed by atoms with Crippen LogP contribution in [0, 0.1) is 0 Å². The molecule has 0 spiro atoms. The normalized spacial score (nSPS) is 23.9. The second-order valence-corrected chi connectivity index (χ2v) is 4.55. The minimum atomic E-state index is 0.650. The zero-order valence-corrected chi connectivity index (χ0v) is 9.41. The van der Waals surface area contributed by atoms with Crippen molar-refractivity contribution in [2.45, 2.75) is 31.7 Å². The third kappa shape index (κ3) is 2.58. The molecule has 0 bridgehead atoms. The first kappa shape index (κ1) is 10.2. The van der Waals surface area contributed by atoms with E-state index in [4.69, 9.17) is 12.2 Å². The van der Waals surface area contributed by atoms with Crippen molar-refractivity contribution in [1.82, 2.24) is 15.5 Å². The number of hydrogen-bond acceptors (Lipinski definition) is 2. The summed E-state index contributed by atoms with van der Waals surface area (Å²) in [6, 6.07) is 0.650. The average molecular weight is 213 g/mol. The van der Waals surface area contributed by atoms with Crippen LogP contribution in [0.5, 0.6) is 0 Å². The van der Waals surface area contributed by atoms with Crippen molar-refractivity contribution in [2.75, 3.05) is 26.2 Å². The maximum absolute atomic E-state index is 5.40. The standard InChI is InChI=1S/C10H19N3S/c14-10(12-9-3-1-2-4-9)13-7-5-11-6-8-13/h9,11H,1-8H2,(H,12,14). The Morgan fingerprint density at radius 1 is 1.21 bits per heavy atom. The molecule has 4 heteroatoms. The Kier molecular flexibility index (Phi) is 3.59. The number of thiocarbonyl (C=S) groups is 1. The predicted molar refractivity (Wildman–Crippen MR) is 62.4 cm³/mol. The van der Waals surface area contributed by atoms with E-state index in [0.29, 0.717) is 6.04 Å². The van der Waals surface area contributed by atoms with Crippen LogP contribution in [0.1, 0.15) is 25.7 Å². The summed E-state index contributed by atoms with van der Waals surface area (Å²) >= 11 is 5.40. The van der Waals surface area contributed by atoms with Gasteiger partial charge in [-0.25, -0.2) is 0 Å². The highest BCUT2D eigenvalue weighted by molar-refractivity contribution is 7.80. The molecule has 3 nitrogen and oxygen atoms in total. The van der Waals surface area contributed by atoms with E-state index in [1.165, 1.54) is 25.7 Å². The topological polar surface area (TPSA) is 27.3 Å². The van der Waals surface area contributed by atoms with E-state index in [-0.39, 0.29) is 0 Å². The van der Waals surface area contributed by atoms with E-state index in [0.717, 1.165) is 31.3 Å². The fourth-order valence-corrected chi connectivity index (χ4v) is 2.55. The Hall–Kier alpha value is -0.350. The molecule has 1 saturated heterocycles. The van der Waals surface area contributed by atoms with Crippen LogP contribution < -0.4 is 10.6 Å². The van der Waals surface area contributed by atoms with Crippen molar-refractivity contribution in [3.63, 3.8) is 0 Å². The fourth-order valence-electron chi connectivity index (χ4n) is 2.20. The van der Waals surface area contributed by atoms with E-state index < -0.39 is 0 Å². The van der Waals surface area contributed by atoms with Crippen LogP contribution in [-0.4, -0.2) is 42.2 Å². The SMILES string of the molecule is S=C(NC1CCCC1)N1CCNCC1. The van der Waals surface area contributed by atoms with E-state index >= 15 is 0 Å². The average Bonchev–Trinajstić information content (AvgIpc) is 2.72. The fraction of sp³-hybridized carbons (Fsp3) is 0.900. The van der Waals surface area contributed by atoms with E-state index in [1.807, 2.05) is 0 Å². The smallest absolute Gasteiger partial charge is 0.169 e. The molecule has 1 aliphatic heterocycles. The Morgan fingerprint density at radius 3 is 2.50 bits per heavy atom. The van der Waals surface area contributed by atoms with Crippen molar-refractivity contribution < 1.29 is 0 Å². The largest absolute Gasteiger partial charge is 0.360 e. The summed E-state index contributed by atoms with van der Waals surface area (Å²) in [5.41, 5.74) is 0. The third-order valence-electron chi connectivity index (χ3n) is 3.09. The lowest BCUT2D eigenvalue weighted by molar-refractivity contribution is 0.348. The van der Waals surface area contributed by atoms with Gasteiger partial charge >= 0.3 is 0 Å². The number of rotatable bonds is 1. The van der Waals surface area contributed by atoms with Crippen molar-refractivity contribution in [3.05, 3.63) is 0 Å². The van der Waals surface area contributed by atoms with Crippen molar-refractivity contribution in [2.24, 2.45) is 0 Å². The summed E-state index contributed by atoms with van der Waals surface area (Å²) in [7, 11) is 0. The molecule has 1 saturated carbocycles. The van der Waals surface area contributed by atoms with E-state index in [9.17, 15) is 0 Å². The minimum absolute atomic E-state index is 0.650. The van der Waals surface area contributed by atoms with Crippen molar-refractivity contribution >= 4 is 17.3 Å². The highest BCUT2D eigenvalue weighted by Crippen LogP contribution is 2.17. The summed E-state index contributed by atoms with van der Waals surface area (Å²) in [6.45, 7) is 4.23. The summed E-state index contributed by atoms with van der Waals surface area (Å²) in [4.78, 5) is 2.28. The molecule has 0 aromatic heterocycles. The van der Waals surface area contributed by atoms with Gasteiger partial charge in [0.25, 0.3) is 0 Å². The molecule has 1 heterocycles. The summed E-state index contributed by atoms with van der Waals surface area (Å²) < 4.78 is 0. The van der Waals surface area contributed by atoms with Crippen molar-refractivity contribution in [1.29, 1.82) is 0 Å². The molecular formula is C10H19N3S. The molecule has 0 radical (unpaired) electrons. The van der Waals surface area contributed by atoms with Crippen LogP contribution >= 0.6 is 12.2 Å². The van der Waals surface area contributed by atoms with Crippen LogP contribution in [0.2, 0.25) is 0 Å². The van der Waals surface area contributed by atoms with Gasteiger partial charge in [0.15, 0.2) is 5.11 Å².